The average molecular weight is 280 g/mol. The zero-order valence-corrected chi connectivity index (χ0v) is 12.2. The van der Waals surface area contributed by atoms with E-state index in [-0.39, 0.29) is 11.2 Å². The van der Waals surface area contributed by atoms with Crippen molar-refractivity contribution >= 4 is 0 Å². The van der Waals surface area contributed by atoms with E-state index in [1.165, 1.54) is 25.1 Å². The second kappa shape index (κ2) is 6.41. The highest BCUT2D eigenvalue weighted by Gasteiger charge is 2.18. The van der Waals surface area contributed by atoms with Crippen molar-refractivity contribution in [3.8, 4) is 5.75 Å². The molecule has 0 radical (unpaired) electrons. The number of aliphatic hydroxyl groups is 1. The first kappa shape index (κ1) is 15.1. The van der Waals surface area contributed by atoms with Gasteiger partial charge in [0.1, 0.15) is 0 Å². The number of hydrogen-bond donors (Lipinski definition) is 2. The third kappa shape index (κ3) is 3.84. The van der Waals surface area contributed by atoms with Crippen molar-refractivity contribution < 1.29 is 10.2 Å². The number of hydrogen-bond acceptors (Lipinski definition) is 4. The van der Waals surface area contributed by atoms with Gasteiger partial charge in [0, 0.05) is 31.4 Å². The largest absolute Gasteiger partial charge is 0.503 e. The van der Waals surface area contributed by atoms with Crippen LogP contribution in [0.2, 0.25) is 0 Å². The minimum absolute atomic E-state index is 0.263. The lowest BCUT2D eigenvalue weighted by Crippen LogP contribution is -2.35. The van der Waals surface area contributed by atoms with Crippen LogP contribution in [0.4, 0.5) is 0 Å². The molecule has 5 nitrogen and oxygen atoms in total. The molecule has 5 heteroatoms. The van der Waals surface area contributed by atoms with E-state index >= 15 is 0 Å². The van der Waals surface area contributed by atoms with E-state index < -0.39 is 6.10 Å². The standard InChI is InChI=1S/C15H24N2O3/c1-11-4-3-5-16(7-11)9-13-6-14(19)15(20)10-17(13)8-12(2)18/h6,10-12,18,20H,3-5,7-9H2,1-2H3. The monoisotopic (exact) mass is 280 g/mol. The summed E-state index contributed by atoms with van der Waals surface area (Å²) in [4.78, 5) is 14.0. The van der Waals surface area contributed by atoms with E-state index in [1.54, 1.807) is 11.5 Å². The van der Waals surface area contributed by atoms with E-state index in [0.29, 0.717) is 19.0 Å². The molecule has 1 fully saturated rings. The average Bonchev–Trinajstić information content (AvgIpc) is 2.35. The molecule has 0 amide bonds. The maximum absolute atomic E-state index is 11.6. The summed E-state index contributed by atoms with van der Waals surface area (Å²) in [5, 5.41) is 19.1. The molecule has 1 aromatic heterocycles. The molecule has 2 heterocycles. The summed E-state index contributed by atoms with van der Waals surface area (Å²) < 4.78 is 1.78. The molecule has 0 bridgehead atoms. The molecule has 2 unspecified atom stereocenters. The van der Waals surface area contributed by atoms with Gasteiger partial charge in [-0.15, -0.1) is 0 Å². The number of likely N-dealkylation sites (tertiary alicyclic amines) is 1. The smallest absolute Gasteiger partial charge is 0.223 e. The van der Waals surface area contributed by atoms with Gasteiger partial charge < -0.3 is 14.8 Å². The van der Waals surface area contributed by atoms with E-state index in [9.17, 15) is 15.0 Å². The normalized spacial score (nSPS) is 21.9. The summed E-state index contributed by atoms with van der Waals surface area (Å²) in [5.41, 5.74) is 0.495. The van der Waals surface area contributed by atoms with Crippen LogP contribution in [0.1, 0.15) is 32.4 Å². The number of piperidine rings is 1. The molecule has 1 aliphatic heterocycles. The lowest BCUT2D eigenvalue weighted by Gasteiger charge is -2.31. The summed E-state index contributed by atoms with van der Waals surface area (Å²) in [6.07, 6.45) is 3.35. The van der Waals surface area contributed by atoms with Crippen LogP contribution >= 0.6 is 0 Å². The molecule has 1 aromatic rings. The Morgan fingerprint density at radius 2 is 2.25 bits per heavy atom. The number of pyridine rings is 1. The summed E-state index contributed by atoms with van der Waals surface area (Å²) in [6, 6.07) is 1.48. The fraction of sp³-hybridized carbons (Fsp3) is 0.667. The summed E-state index contributed by atoms with van der Waals surface area (Å²) >= 11 is 0. The topological polar surface area (TPSA) is 65.7 Å². The third-order valence-electron chi connectivity index (χ3n) is 3.78. The van der Waals surface area contributed by atoms with Crippen LogP contribution in [0.15, 0.2) is 17.1 Å². The highest BCUT2D eigenvalue weighted by molar-refractivity contribution is 5.20. The van der Waals surface area contributed by atoms with Gasteiger partial charge in [-0.05, 0) is 32.2 Å². The highest BCUT2D eigenvalue weighted by atomic mass is 16.3. The molecule has 112 valence electrons. The molecule has 2 N–H and O–H groups in total. The van der Waals surface area contributed by atoms with Crippen LogP contribution in [0.3, 0.4) is 0 Å². The quantitative estimate of drug-likeness (QED) is 0.869. The minimum Gasteiger partial charge on any atom is -0.503 e. The van der Waals surface area contributed by atoms with Crippen LogP contribution < -0.4 is 5.43 Å². The molecule has 0 aromatic carbocycles. The Balaban J connectivity index is 2.20. The molecule has 0 saturated carbocycles. The Bertz CT molecular complexity index is 510. The predicted octanol–water partition coefficient (Wildman–Crippen LogP) is 1.17. The summed E-state index contributed by atoms with van der Waals surface area (Å²) in [6.45, 7) is 7.07. The number of rotatable bonds is 4. The molecule has 0 aliphatic carbocycles. The Kier molecular flexibility index (Phi) is 4.83. The van der Waals surface area contributed by atoms with Gasteiger partial charge in [0.05, 0.1) is 12.3 Å². The predicted molar refractivity (Wildman–Crippen MR) is 77.7 cm³/mol. The van der Waals surface area contributed by atoms with Gasteiger partial charge in [-0.1, -0.05) is 6.92 Å². The second-order valence-corrected chi connectivity index (χ2v) is 6.00. The van der Waals surface area contributed by atoms with Gasteiger partial charge in [-0.3, -0.25) is 9.69 Å². The van der Waals surface area contributed by atoms with Crippen LogP contribution in [0.25, 0.3) is 0 Å². The van der Waals surface area contributed by atoms with E-state index in [1.807, 2.05) is 0 Å². The van der Waals surface area contributed by atoms with Gasteiger partial charge in [0.15, 0.2) is 5.75 Å². The molecule has 20 heavy (non-hydrogen) atoms. The zero-order valence-electron chi connectivity index (χ0n) is 12.2. The van der Waals surface area contributed by atoms with Crippen molar-refractivity contribution in [1.82, 2.24) is 9.47 Å². The van der Waals surface area contributed by atoms with Crippen LogP contribution in [0, 0.1) is 5.92 Å². The molecule has 2 rings (SSSR count). The zero-order chi connectivity index (χ0) is 14.7. The van der Waals surface area contributed by atoms with Crippen molar-refractivity contribution in [3.63, 3.8) is 0 Å². The van der Waals surface area contributed by atoms with Gasteiger partial charge in [-0.2, -0.15) is 0 Å². The van der Waals surface area contributed by atoms with Crippen molar-refractivity contribution in [2.24, 2.45) is 5.92 Å². The number of aliphatic hydroxyl groups excluding tert-OH is 1. The molecular formula is C15H24N2O3. The Labute approximate surface area is 119 Å². The van der Waals surface area contributed by atoms with Gasteiger partial charge in [0.25, 0.3) is 0 Å². The summed E-state index contributed by atoms with van der Waals surface area (Å²) in [7, 11) is 0. The highest BCUT2D eigenvalue weighted by Crippen LogP contribution is 2.18. The molecule has 0 spiro atoms. The van der Waals surface area contributed by atoms with Gasteiger partial charge in [-0.25, -0.2) is 0 Å². The van der Waals surface area contributed by atoms with Gasteiger partial charge in [0.2, 0.25) is 5.43 Å². The number of nitrogens with zero attached hydrogens (tertiary/aromatic N) is 2. The van der Waals surface area contributed by atoms with Crippen LogP contribution in [-0.4, -0.2) is 38.9 Å². The molecular weight excluding hydrogens is 256 g/mol. The fourth-order valence-electron chi connectivity index (χ4n) is 2.85. The number of aromatic hydroxyl groups is 1. The van der Waals surface area contributed by atoms with Crippen molar-refractivity contribution in [2.45, 2.75) is 45.9 Å². The van der Waals surface area contributed by atoms with Crippen molar-refractivity contribution in [1.29, 1.82) is 0 Å². The first-order chi connectivity index (χ1) is 9.45. The van der Waals surface area contributed by atoms with Crippen LogP contribution in [0.5, 0.6) is 5.75 Å². The maximum atomic E-state index is 11.6. The Morgan fingerprint density at radius 1 is 1.50 bits per heavy atom. The second-order valence-electron chi connectivity index (χ2n) is 6.00. The van der Waals surface area contributed by atoms with Crippen molar-refractivity contribution in [3.05, 3.63) is 28.2 Å². The van der Waals surface area contributed by atoms with Gasteiger partial charge >= 0.3 is 0 Å². The summed E-state index contributed by atoms with van der Waals surface area (Å²) in [5.74, 6) is 0.416. The Morgan fingerprint density at radius 3 is 2.90 bits per heavy atom. The lowest BCUT2D eigenvalue weighted by atomic mass is 10.0. The SMILES string of the molecule is CC(O)Cn1cc(O)c(=O)cc1CN1CCCC(C)C1. The minimum atomic E-state index is -0.518. The first-order valence-electron chi connectivity index (χ1n) is 7.28. The van der Waals surface area contributed by atoms with Crippen molar-refractivity contribution in [2.75, 3.05) is 13.1 Å². The fourth-order valence-corrected chi connectivity index (χ4v) is 2.85. The lowest BCUT2D eigenvalue weighted by molar-refractivity contribution is 0.157. The van der Waals surface area contributed by atoms with Crippen LogP contribution in [-0.2, 0) is 13.1 Å². The molecule has 1 saturated heterocycles. The number of aromatic nitrogens is 1. The third-order valence-corrected chi connectivity index (χ3v) is 3.78. The van der Waals surface area contributed by atoms with E-state index in [0.717, 1.165) is 18.8 Å². The Hall–Kier alpha value is -1.33. The first-order valence-corrected chi connectivity index (χ1v) is 7.28. The van der Waals surface area contributed by atoms with E-state index in [2.05, 4.69) is 11.8 Å². The molecule has 1 aliphatic rings. The molecule has 2 atom stereocenters. The van der Waals surface area contributed by atoms with E-state index in [4.69, 9.17) is 0 Å². The maximum Gasteiger partial charge on any atom is 0.223 e.